The molecule has 17 heavy (non-hydrogen) atoms. The number of aromatic nitrogens is 1. The number of carbonyl (C=O) groups is 1. The molecule has 0 aliphatic rings. The molecule has 0 saturated heterocycles. The van der Waals surface area contributed by atoms with Crippen LogP contribution in [0.15, 0.2) is 18.2 Å². The number of aromatic hydroxyl groups is 1. The van der Waals surface area contributed by atoms with Crippen molar-refractivity contribution in [3.05, 3.63) is 29.5 Å². The van der Waals surface area contributed by atoms with E-state index in [1.54, 1.807) is 30.7 Å². The normalized spacial score (nSPS) is 12.9. The van der Waals surface area contributed by atoms with Crippen molar-refractivity contribution in [2.24, 2.45) is 7.05 Å². The van der Waals surface area contributed by atoms with Crippen molar-refractivity contribution >= 4 is 16.9 Å². The molecule has 0 aliphatic heterocycles. The van der Waals surface area contributed by atoms with Crippen LogP contribution >= 0.6 is 0 Å². The molecule has 0 amide bonds. The van der Waals surface area contributed by atoms with Gasteiger partial charge in [-0.05, 0) is 19.1 Å². The molecule has 0 bridgehead atoms. The van der Waals surface area contributed by atoms with E-state index in [1.807, 2.05) is 0 Å². The number of aryl methyl sites for hydroxylation is 1. The number of nitrogens with zero attached hydrogens (tertiary/aromatic N) is 1. The fourth-order valence-corrected chi connectivity index (χ4v) is 2.05. The van der Waals surface area contributed by atoms with Crippen LogP contribution in [0, 0.1) is 6.92 Å². The summed E-state index contributed by atoms with van der Waals surface area (Å²) in [7, 11) is 1.76. The molecule has 1 aromatic carbocycles. The Morgan fingerprint density at radius 2 is 2.06 bits per heavy atom. The van der Waals surface area contributed by atoms with Crippen LogP contribution in [0.1, 0.15) is 17.4 Å². The summed E-state index contributed by atoms with van der Waals surface area (Å²) in [4.78, 5) is 10.9. The van der Waals surface area contributed by atoms with Gasteiger partial charge in [-0.25, -0.2) is 4.79 Å². The standard InChI is InChI=1S/C12H13NO4/c1-6-10(11(15)12(16)17)8-4-3-7(14)5-9(8)13(6)2/h3-5,11,14-15H,1-2H3,(H,16,17). The number of phenols is 1. The molecule has 1 unspecified atom stereocenters. The van der Waals surface area contributed by atoms with Gasteiger partial charge in [0.25, 0.3) is 0 Å². The third-order valence-electron chi connectivity index (χ3n) is 3.03. The average molecular weight is 235 g/mol. The lowest BCUT2D eigenvalue weighted by atomic mass is 10.1. The van der Waals surface area contributed by atoms with Gasteiger partial charge in [0.1, 0.15) is 5.75 Å². The van der Waals surface area contributed by atoms with Crippen LogP contribution in [0.4, 0.5) is 0 Å². The van der Waals surface area contributed by atoms with Crippen molar-refractivity contribution in [3.8, 4) is 5.75 Å². The molecule has 0 radical (unpaired) electrons. The van der Waals surface area contributed by atoms with Crippen LogP contribution in [0.3, 0.4) is 0 Å². The lowest BCUT2D eigenvalue weighted by molar-refractivity contribution is -0.146. The van der Waals surface area contributed by atoms with E-state index in [-0.39, 0.29) is 5.75 Å². The molecular weight excluding hydrogens is 222 g/mol. The van der Waals surface area contributed by atoms with Gasteiger partial charge >= 0.3 is 5.97 Å². The van der Waals surface area contributed by atoms with Gasteiger partial charge < -0.3 is 19.9 Å². The Morgan fingerprint density at radius 3 is 2.65 bits per heavy atom. The Morgan fingerprint density at radius 1 is 1.41 bits per heavy atom. The summed E-state index contributed by atoms with van der Waals surface area (Å²) in [5.41, 5.74) is 1.73. The number of aliphatic carboxylic acids is 1. The highest BCUT2D eigenvalue weighted by Gasteiger charge is 2.24. The highest BCUT2D eigenvalue weighted by Crippen LogP contribution is 2.32. The number of rotatable bonds is 2. The molecule has 1 atom stereocenters. The molecule has 0 spiro atoms. The molecule has 1 aromatic heterocycles. The number of phenolic OH excluding ortho intramolecular Hbond substituents is 1. The monoisotopic (exact) mass is 235 g/mol. The van der Waals surface area contributed by atoms with E-state index >= 15 is 0 Å². The van der Waals surface area contributed by atoms with Crippen LogP contribution in [-0.4, -0.2) is 25.9 Å². The van der Waals surface area contributed by atoms with Crippen molar-refractivity contribution in [3.63, 3.8) is 0 Å². The summed E-state index contributed by atoms with van der Waals surface area (Å²) in [6.07, 6.45) is -1.55. The number of fused-ring (bicyclic) bond motifs is 1. The molecule has 1 heterocycles. The van der Waals surface area contributed by atoms with E-state index in [2.05, 4.69) is 0 Å². The van der Waals surface area contributed by atoms with Gasteiger partial charge in [0.2, 0.25) is 0 Å². The third kappa shape index (κ3) is 1.64. The van der Waals surface area contributed by atoms with Gasteiger partial charge in [-0.3, -0.25) is 0 Å². The predicted molar refractivity (Wildman–Crippen MR) is 61.9 cm³/mol. The molecule has 2 rings (SSSR count). The topological polar surface area (TPSA) is 82.7 Å². The Kier molecular flexibility index (Phi) is 2.55. The molecule has 90 valence electrons. The van der Waals surface area contributed by atoms with Gasteiger partial charge in [0.05, 0.1) is 5.52 Å². The second kappa shape index (κ2) is 3.78. The van der Waals surface area contributed by atoms with Crippen LogP contribution in [0.25, 0.3) is 10.9 Å². The number of hydrogen-bond donors (Lipinski definition) is 3. The van der Waals surface area contributed by atoms with Crippen LogP contribution < -0.4 is 0 Å². The van der Waals surface area contributed by atoms with Gasteiger partial charge in [-0.15, -0.1) is 0 Å². The quantitative estimate of drug-likeness (QED) is 0.733. The summed E-state index contributed by atoms with van der Waals surface area (Å²) in [6, 6.07) is 4.62. The first-order valence-electron chi connectivity index (χ1n) is 5.12. The molecule has 0 aliphatic carbocycles. The Balaban J connectivity index is 2.80. The average Bonchev–Trinajstić information content (AvgIpc) is 2.51. The number of aliphatic hydroxyl groups is 1. The number of carboxylic acid groups (broad SMARTS) is 1. The molecule has 5 nitrogen and oxygen atoms in total. The maximum atomic E-state index is 10.9. The molecule has 2 aromatic rings. The Bertz CT molecular complexity index is 600. The molecule has 3 N–H and O–H groups in total. The maximum Gasteiger partial charge on any atom is 0.337 e. The number of benzene rings is 1. The van der Waals surface area contributed by atoms with Gasteiger partial charge in [0, 0.05) is 29.8 Å². The molecular formula is C12H13NO4. The van der Waals surface area contributed by atoms with Crippen molar-refractivity contribution in [1.82, 2.24) is 4.57 Å². The first-order chi connectivity index (χ1) is 7.93. The van der Waals surface area contributed by atoms with E-state index in [0.29, 0.717) is 22.2 Å². The fourth-order valence-electron chi connectivity index (χ4n) is 2.05. The van der Waals surface area contributed by atoms with Gasteiger partial charge in [0.15, 0.2) is 6.10 Å². The summed E-state index contributed by atoms with van der Waals surface area (Å²) in [6.45, 7) is 1.73. The smallest absolute Gasteiger partial charge is 0.337 e. The Labute approximate surface area is 97.5 Å². The SMILES string of the molecule is Cc1c(C(O)C(=O)O)c2ccc(O)cc2n1C. The first-order valence-corrected chi connectivity index (χ1v) is 5.12. The van der Waals surface area contributed by atoms with Gasteiger partial charge in [-0.1, -0.05) is 0 Å². The molecule has 0 saturated carbocycles. The van der Waals surface area contributed by atoms with Crippen LogP contribution in [0.5, 0.6) is 5.75 Å². The maximum absolute atomic E-state index is 10.9. The Hall–Kier alpha value is -2.01. The second-order valence-corrected chi connectivity index (χ2v) is 4.00. The minimum absolute atomic E-state index is 0.106. The zero-order valence-corrected chi connectivity index (χ0v) is 9.51. The molecule has 0 fully saturated rings. The van der Waals surface area contributed by atoms with E-state index in [1.165, 1.54) is 6.07 Å². The van der Waals surface area contributed by atoms with Crippen LogP contribution in [0.2, 0.25) is 0 Å². The van der Waals surface area contributed by atoms with Crippen molar-refractivity contribution in [1.29, 1.82) is 0 Å². The highest BCUT2D eigenvalue weighted by molar-refractivity contribution is 5.91. The van der Waals surface area contributed by atoms with E-state index in [0.717, 1.165) is 0 Å². The lowest BCUT2D eigenvalue weighted by Crippen LogP contribution is -2.11. The van der Waals surface area contributed by atoms with E-state index in [4.69, 9.17) is 5.11 Å². The number of carboxylic acids is 1. The first kappa shape index (κ1) is 11.5. The summed E-state index contributed by atoms with van der Waals surface area (Å²) in [5.74, 6) is -1.18. The minimum Gasteiger partial charge on any atom is -0.508 e. The minimum atomic E-state index is -1.55. The third-order valence-corrected chi connectivity index (χ3v) is 3.03. The summed E-state index contributed by atoms with van der Waals surface area (Å²) >= 11 is 0. The zero-order valence-electron chi connectivity index (χ0n) is 9.51. The predicted octanol–water partition coefficient (Wildman–Crippen LogP) is 1.31. The zero-order chi connectivity index (χ0) is 12.7. The highest BCUT2D eigenvalue weighted by atomic mass is 16.4. The van der Waals surface area contributed by atoms with Gasteiger partial charge in [-0.2, -0.15) is 0 Å². The molecule has 5 heteroatoms. The lowest BCUT2D eigenvalue weighted by Gasteiger charge is -2.06. The van der Waals surface area contributed by atoms with Crippen molar-refractivity contribution in [2.75, 3.05) is 0 Å². The number of aliphatic hydroxyl groups excluding tert-OH is 1. The van der Waals surface area contributed by atoms with Crippen molar-refractivity contribution in [2.45, 2.75) is 13.0 Å². The number of hydrogen-bond acceptors (Lipinski definition) is 3. The summed E-state index contributed by atoms with van der Waals surface area (Å²) in [5, 5.41) is 28.6. The van der Waals surface area contributed by atoms with E-state index < -0.39 is 12.1 Å². The van der Waals surface area contributed by atoms with Crippen LogP contribution in [-0.2, 0) is 11.8 Å². The second-order valence-electron chi connectivity index (χ2n) is 4.00. The summed E-state index contributed by atoms with van der Waals surface area (Å²) < 4.78 is 1.75. The fraction of sp³-hybridized carbons (Fsp3) is 0.250. The van der Waals surface area contributed by atoms with Crippen molar-refractivity contribution < 1.29 is 20.1 Å². The van der Waals surface area contributed by atoms with E-state index in [9.17, 15) is 15.0 Å². The largest absolute Gasteiger partial charge is 0.508 e.